The molecule has 98 valence electrons. The minimum absolute atomic E-state index is 0.283. The van der Waals surface area contributed by atoms with Crippen molar-refractivity contribution in [3.05, 3.63) is 29.8 Å². The number of thioether (sulfide) groups is 1. The molecule has 2 atom stereocenters. The first-order valence-corrected chi connectivity index (χ1v) is 7.02. The van der Waals surface area contributed by atoms with Gasteiger partial charge < -0.3 is 10.5 Å². The lowest BCUT2D eigenvalue weighted by atomic mass is 10.00. The molecular weight excluding hydrogens is 246 g/mol. The second-order valence-corrected chi connectivity index (χ2v) is 6.32. The molecule has 1 aromatic carbocycles. The van der Waals surface area contributed by atoms with Gasteiger partial charge in [0.15, 0.2) is 0 Å². The van der Waals surface area contributed by atoms with Crippen LogP contribution in [-0.4, -0.2) is 23.9 Å². The van der Waals surface area contributed by atoms with E-state index in [-0.39, 0.29) is 5.97 Å². The highest BCUT2D eigenvalue weighted by atomic mass is 32.2. The molecule has 0 heterocycles. The predicted octanol–water partition coefficient (Wildman–Crippen LogP) is 2.51. The second-order valence-electron chi connectivity index (χ2n) is 4.94. The molecule has 1 saturated carbocycles. The zero-order valence-corrected chi connectivity index (χ0v) is 11.6. The van der Waals surface area contributed by atoms with E-state index in [1.807, 2.05) is 0 Å². The van der Waals surface area contributed by atoms with E-state index < -0.39 is 5.54 Å². The molecule has 4 heteroatoms. The maximum atomic E-state index is 11.6. The molecule has 2 rings (SSSR count). The number of carbonyl (C=O) groups is 1. The molecule has 18 heavy (non-hydrogen) atoms. The van der Waals surface area contributed by atoms with Gasteiger partial charge >= 0.3 is 5.97 Å². The normalized spacial score (nSPS) is 27.2. The highest BCUT2D eigenvalue weighted by Gasteiger charge is 2.43. The summed E-state index contributed by atoms with van der Waals surface area (Å²) in [5, 5.41) is 0.400. The van der Waals surface area contributed by atoms with E-state index in [4.69, 9.17) is 10.5 Å². The van der Waals surface area contributed by atoms with Crippen molar-refractivity contribution >= 4 is 17.7 Å². The number of carbonyl (C=O) groups excluding carboxylic acids is 1. The Hall–Kier alpha value is -1.00. The van der Waals surface area contributed by atoms with Crippen LogP contribution in [0.25, 0.3) is 0 Å². The Morgan fingerprint density at radius 1 is 1.44 bits per heavy atom. The van der Waals surface area contributed by atoms with Crippen molar-refractivity contribution < 1.29 is 9.53 Å². The molecule has 2 N–H and O–H groups in total. The Labute approximate surface area is 112 Å². The molecular formula is C14H19NO2S. The fourth-order valence-electron chi connectivity index (χ4n) is 2.33. The standard InChI is InChI=1S/C14H19NO2S/c1-10-3-5-11(6-4-10)18-12-7-8-14(15,9-12)13(16)17-2/h3-6,12H,7-9,15H2,1-2H3. The van der Waals surface area contributed by atoms with Gasteiger partial charge in [0.25, 0.3) is 0 Å². The van der Waals surface area contributed by atoms with Gasteiger partial charge in [-0.15, -0.1) is 11.8 Å². The number of esters is 1. The number of hydrogen-bond acceptors (Lipinski definition) is 4. The lowest BCUT2D eigenvalue weighted by molar-refractivity contribution is -0.146. The molecule has 3 nitrogen and oxygen atoms in total. The van der Waals surface area contributed by atoms with E-state index in [1.165, 1.54) is 17.6 Å². The van der Waals surface area contributed by atoms with Crippen LogP contribution in [0, 0.1) is 6.92 Å². The quantitative estimate of drug-likeness (QED) is 0.853. The first-order valence-electron chi connectivity index (χ1n) is 6.14. The first kappa shape index (κ1) is 13.4. The average Bonchev–Trinajstić information content (AvgIpc) is 2.74. The van der Waals surface area contributed by atoms with Crippen LogP contribution in [0.1, 0.15) is 24.8 Å². The van der Waals surface area contributed by atoms with Gasteiger partial charge in [-0.1, -0.05) is 17.7 Å². The van der Waals surface area contributed by atoms with Crippen LogP contribution in [0.15, 0.2) is 29.2 Å². The Balaban J connectivity index is 1.97. The molecule has 0 bridgehead atoms. The molecule has 2 unspecified atom stereocenters. The summed E-state index contributed by atoms with van der Waals surface area (Å²) in [7, 11) is 1.40. The second kappa shape index (κ2) is 5.33. The number of benzene rings is 1. The van der Waals surface area contributed by atoms with Crippen LogP contribution < -0.4 is 5.73 Å². The Bertz CT molecular complexity index is 432. The van der Waals surface area contributed by atoms with Crippen molar-refractivity contribution in [2.24, 2.45) is 5.73 Å². The summed E-state index contributed by atoms with van der Waals surface area (Å²) in [6.45, 7) is 2.08. The monoisotopic (exact) mass is 265 g/mol. The number of rotatable bonds is 3. The zero-order chi connectivity index (χ0) is 13.2. The van der Waals surface area contributed by atoms with Gasteiger partial charge in [-0.2, -0.15) is 0 Å². The maximum Gasteiger partial charge on any atom is 0.325 e. The van der Waals surface area contributed by atoms with Gasteiger partial charge in [0.1, 0.15) is 5.54 Å². The molecule has 1 aliphatic carbocycles. The Kier molecular flexibility index (Phi) is 3.97. The predicted molar refractivity (Wildman–Crippen MR) is 73.6 cm³/mol. The molecule has 0 radical (unpaired) electrons. The van der Waals surface area contributed by atoms with E-state index in [0.29, 0.717) is 18.1 Å². The topological polar surface area (TPSA) is 52.3 Å². The van der Waals surface area contributed by atoms with Crippen molar-refractivity contribution in [3.63, 3.8) is 0 Å². The maximum absolute atomic E-state index is 11.6. The summed E-state index contributed by atoms with van der Waals surface area (Å²) < 4.78 is 4.78. The van der Waals surface area contributed by atoms with Crippen molar-refractivity contribution in [2.45, 2.75) is 41.9 Å². The fourth-order valence-corrected chi connectivity index (χ4v) is 3.62. The van der Waals surface area contributed by atoms with Crippen LogP contribution in [0.5, 0.6) is 0 Å². The van der Waals surface area contributed by atoms with Crippen LogP contribution in [-0.2, 0) is 9.53 Å². The molecule has 0 saturated heterocycles. The third kappa shape index (κ3) is 2.87. The van der Waals surface area contributed by atoms with E-state index in [0.717, 1.165) is 6.42 Å². The van der Waals surface area contributed by atoms with Crippen molar-refractivity contribution in [1.29, 1.82) is 0 Å². The van der Waals surface area contributed by atoms with Crippen molar-refractivity contribution in [3.8, 4) is 0 Å². The smallest absolute Gasteiger partial charge is 0.325 e. The SMILES string of the molecule is COC(=O)C1(N)CCC(Sc2ccc(C)cc2)C1. The first-order chi connectivity index (χ1) is 8.53. The molecule has 1 aromatic rings. The summed E-state index contributed by atoms with van der Waals surface area (Å²) in [5.41, 5.74) is 6.57. The lowest BCUT2D eigenvalue weighted by Gasteiger charge is -2.20. The number of hydrogen-bond donors (Lipinski definition) is 1. The Morgan fingerprint density at radius 2 is 2.11 bits per heavy atom. The van der Waals surface area contributed by atoms with Gasteiger partial charge in [0.2, 0.25) is 0 Å². The number of methoxy groups -OCH3 is 1. The van der Waals surface area contributed by atoms with Crippen molar-refractivity contribution in [2.75, 3.05) is 7.11 Å². The molecule has 1 aliphatic rings. The van der Waals surface area contributed by atoms with E-state index in [1.54, 1.807) is 11.8 Å². The van der Waals surface area contributed by atoms with Gasteiger partial charge in [0.05, 0.1) is 7.11 Å². The zero-order valence-electron chi connectivity index (χ0n) is 10.8. The van der Waals surface area contributed by atoms with Crippen LogP contribution in [0.4, 0.5) is 0 Å². The van der Waals surface area contributed by atoms with E-state index in [9.17, 15) is 4.79 Å². The highest BCUT2D eigenvalue weighted by Crippen LogP contribution is 2.39. The number of ether oxygens (including phenoxy) is 1. The van der Waals surface area contributed by atoms with Gasteiger partial charge in [-0.3, -0.25) is 4.79 Å². The summed E-state index contributed by atoms with van der Waals surface area (Å²) >= 11 is 1.80. The molecule has 0 spiro atoms. The molecule has 1 fully saturated rings. The van der Waals surface area contributed by atoms with Crippen LogP contribution >= 0.6 is 11.8 Å². The minimum Gasteiger partial charge on any atom is -0.468 e. The summed E-state index contributed by atoms with van der Waals surface area (Å²) in [4.78, 5) is 12.9. The number of nitrogens with two attached hydrogens (primary N) is 1. The molecule has 0 amide bonds. The third-order valence-electron chi connectivity index (χ3n) is 3.42. The van der Waals surface area contributed by atoms with Gasteiger partial charge in [-0.05, 0) is 38.3 Å². The average molecular weight is 265 g/mol. The van der Waals surface area contributed by atoms with Crippen LogP contribution in [0.3, 0.4) is 0 Å². The van der Waals surface area contributed by atoms with E-state index in [2.05, 4.69) is 31.2 Å². The fraction of sp³-hybridized carbons (Fsp3) is 0.500. The largest absolute Gasteiger partial charge is 0.468 e. The lowest BCUT2D eigenvalue weighted by Crippen LogP contribution is -2.46. The van der Waals surface area contributed by atoms with Gasteiger partial charge in [-0.25, -0.2) is 0 Å². The van der Waals surface area contributed by atoms with Gasteiger partial charge in [0, 0.05) is 10.1 Å². The molecule has 0 aromatic heterocycles. The van der Waals surface area contributed by atoms with E-state index >= 15 is 0 Å². The summed E-state index contributed by atoms with van der Waals surface area (Å²) in [5.74, 6) is -0.283. The van der Waals surface area contributed by atoms with Crippen molar-refractivity contribution in [1.82, 2.24) is 0 Å². The minimum atomic E-state index is -0.781. The summed E-state index contributed by atoms with van der Waals surface area (Å²) in [6, 6.07) is 8.45. The highest BCUT2D eigenvalue weighted by molar-refractivity contribution is 8.00. The Morgan fingerprint density at radius 3 is 2.72 bits per heavy atom. The molecule has 0 aliphatic heterocycles. The summed E-state index contributed by atoms with van der Waals surface area (Å²) in [6.07, 6.45) is 2.37. The van der Waals surface area contributed by atoms with Crippen LogP contribution in [0.2, 0.25) is 0 Å². The third-order valence-corrected chi connectivity index (χ3v) is 4.70. The number of aryl methyl sites for hydroxylation is 1.